The molecule has 0 saturated carbocycles. The summed E-state index contributed by atoms with van der Waals surface area (Å²) in [5, 5.41) is 2.67. The largest absolute Gasteiger partial charge is 0.489 e. The quantitative estimate of drug-likeness (QED) is 0.703. The van der Waals surface area contributed by atoms with Gasteiger partial charge in [-0.15, -0.1) is 0 Å². The Bertz CT molecular complexity index is 1050. The summed E-state index contributed by atoms with van der Waals surface area (Å²) in [6.45, 7) is 0.477. The number of nitrogens with zero attached hydrogens (tertiary/aromatic N) is 1. The van der Waals surface area contributed by atoms with Crippen LogP contribution in [0.3, 0.4) is 0 Å². The average Bonchev–Trinajstić information content (AvgIpc) is 2.97. The van der Waals surface area contributed by atoms with Crippen LogP contribution < -0.4 is 10.5 Å². The van der Waals surface area contributed by atoms with Crippen molar-refractivity contribution in [3.05, 3.63) is 82.8 Å². The van der Waals surface area contributed by atoms with E-state index in [9.17, 15) is 4.79 Å². The minimum Gasteiger partial charge on any atom is -0.489 e. The molecule has 5 heteroatoms. The number of hydrogen-bond acceptors (Lipinski definition) is 4. The second kappa shape index (κ2) is 7.06. The maximum atomic E-state index is 11.7. The van der Waals surface area contributed by atoms with Gasteiger partial charge in [0.1, 0.15) is 12.4 Å². The number of ether oxygens (including phenoxy) is 1. The zero-order valence-electron chi connectivity index (χ0n) is 13.9. The maximum Gasteiger partial charge on any atom is 0.286 e. The normalized spacial score (nSPS) is 15.5. The maximum absolute atomic E-state index is 11.7. The van der Waals surface area contributed by atoms with Crippen molar-refractivity contribution in [1.82, 2.24) is 0 Å². The van der Waals surface area contributed by atoms with Gasteiger partial charge in [0.15, 0.2) is 5.17 Å². The van der Waals surface area contributed by atoms with Crippen molar-refractivity contribution in [1.29, 1.82) is 0 Å². The molecule has 0 fully saturated rings. The molecule has 0 aromatic heterocycles. The van der Waals surface area contributed by atoms with Crippen LogP contribution in [0.5, 0.6) is 5.75 Å². The van der Waals surface area contributed by atoms with E-state index in [1.807, 2.05) is 42.5 Å². The molecular weight excluding hydrogens is 344 g/mol. The lowest BCUT2D eigenvalue weighted by atomic mass is 10.1. The van der Waals surface area contributed by atoms with Gasteiger partial charge in [-0.1, -0.05) is 54.6 Å². The number of nitrogens with two attached hydrogens (primary N) is 1. The molecule has 1 aliphatic rings. The van der Waals surface area contributed by atoms with Crippen molar-refractivity contribution >= 4 is 39.7 Å². The predicted octanol–water partition coefficient (Wildman–Crippen LogP) is 4.35. The average molecular weight is 360 g/mol. The molecule has 4 rings (SSSR count). The summed E-state index contributed by atoms with van der Waals surface area (Å²) in [4.78, 5) is 16.0. The van der Waals surface area contributed by atoms with Gasteiger partial charge in [0, 0.05) is 0 Å². The minimum atomic E-state index is -0.297. The first-order valence-corrected chi connectivity index (χ1v) is 8.98. The predicted molar refractivity (Wildman–Crippen MR) is 107 cm³/mol. The topological polar surface area (TPSA) is 64.7 Å². The van der Waals surface area contributed by atoms with E-state index >= 15 is 0 Å². The van der Waals surface area contributed by atoms with Crippen LogP contribution in [0.1, 0.15) is 11.1 Å². The van der Waals surface area contributed by atoms with Crippen LogP contribution in [0.2, 0.25) is 0 Å². The molecule has 3 aromatic carbocycles. The van der Waals surface area contributed by atoms with Gasteiger partial charge in [-0.3, -0.25) is 4.79 Å². The second-order valence-corrected chi connectivity index (χ2v) is 6.93. The monoisotopic (exact) mass is 360 g/mol. The molecular formula is C21H16N2O2S. The summed E-state index contributed by atoms with van der Waals surface area (Å²) in [7, 11) is 0. The third kappa shape index (κ3) is 3.48. The molecule has 128 valence electrons. The molecule has 0 bridgehead atoms. The lowest BCUT2D eigenvalue weighted by Crippen LogP contribution is -2.01. The molecule has 0 saturated heterocycles. The van der Waals surface area contributed by atoms with Crippen LogP contribution in [0.25, 0.3) is 16.8 Å². The van der Waals surface area contributed by atoms with Crippen molar-refractivity contribution < 1.29 is 9.53 Å². The standard InChI is InChI=1S/C21H16N2O2S/c22-21-23-20(24)19(26-21)12-14-5-3-9-17(11-14)25-13-16-8-4-7-15-6-1-2-10-18(15)16/h1-12H,13H2,(H2,22,23,24)/b19-12+. The fourth-order valence-corrected chi connectivity index (χ4v) is 3.53. The van der Waals surface area contributed by atoms with E-state index in [-0.39, 0.29) is 11.1 Å². The second-order valence-electron chi connectivity index (χ2n) is 5.87. The van der Waals surface area contributed by atoms with Crippen LogP contribution in [-0.2, 0) is 11.4 Å². The number of amidine groups is 1. The highest BCUT2D eigenvalue weighted by atomic mass is 32.2. The zero-order chi connectivity index (χ0) is 17.9. The Kier molecular flexibility index (Phi) is 4.46. The SMILES string of the molecule is NC1=NC(=O)/C(=C\c2cccc(OCc3cccc4ccccc34)c2)S1. The number of carbonyl (C=O) groups is 1. The lowest BCUT2D eigenvalue weighted by molar-refractivity contribution is -0.113. The van der Waals surface area contributed by atoms with Crippen molar-refractivity contribution in [2.24, 2.45) is 10.7 Å². The molecule has 4 nitrogen and oxygen atoms in total. The van der Waals surface area contributed by atoms with Crippen LogP contribution >= 0.6 is 11.8 Å². The first-order chi connectivity index (χ1) is 12.7. The Labute approximate surface area is 155 Å². The van der Waals surface area contributed by atoms with Crippen LogP contribution in [0, 0.1) is 0 Å². The molecule has 0 spiro atoms. The van der Waals surface area contributed by atoms with E-state index in [1.165, 1.54) is 22.5 Å². The van der Waals surface area contributed by atoms with Gasteiger partial charge in [0.25, 0.3) is 5.91 Å². The zero-order valence-corrected chi connectivity index (χ0v) is 14.7. The molecule has 1 amide bonds. The number of fused-ring (bicyclic) bond motifs is 1. The lowest BCUT2D eigenvalue weighted by Gasteiger charge is -2.10. The summed E-state index contributed by atoms with van der Waals surface area (Å²) >= 11 is 1.18. The highest BCUT2D eigenvalue weighted by molar-refractivity contribution is 8.18. The molecule has 3 aromatic rings. The van der Waals surface area contributed by atoms with Gasteiger partial charge in [-0.05, 0) is 51.9 Å². The van der Waals surface area contributed by atoms with Gasteiger partial charge in [-0.2, -0.15) is 4.99 Å². The number of thioether (sulfide) groups is 1. The summed E-state index contributed by atoms with van der Waals surface area (Å²) < 4.78 is 5.98. The molecule has 1 aliphatic heterocycles. The van der Waals surface area contributed by atoms with E-state index < -0.39 is 0 Å². The smallest absolute Gasteiger partial charge is 0.286 e. The minimum absolute atomic E-state index is 0.282. The molecule has 0 atom stereocenters. The number of benzene rings is 3. The van der Waals surface area contributed by atoms with Crippen molar-refractivity contribution in [3.8, 4) is 5.75 Å². The Morgan fingerprint density at radius 3 is 2.69 bits per heavy atom. The summed E-state index contributed by atoms with van der Waals surface area (Å²) in [6.07, 6.45) is 1.78. The summed E-state index contributed by atoms with van der Waals surface area (Å²) in [6, 6.07) is 22.1. The first-order valence-electron chi connectivity index (χ1n) is 8.16. The van der Waals surface area contributed by atoms with Gasteiger partial charge >= 0.3 is 0 Å². The van der Waals surface area contributed by atoms with E-state index in [4.69, 9.17) is 10.5 Å². The van der Waals surface area contributed by atoms with E-state index in [0.717, 1.165) is 16.9 Å². The molecule has 0 aliphatic carbocycles. The third-order valence-corrected chi connectivity index (χ3v) is 4.88. The van der Waals surface area contributed by atoms with Gasteiger partial charge < -0.3 is 10.5 Å². The highest BCUT2D eigenvalue weighted by Crippen LogP contribution is 2.27. The third-order valence-electron chi connectivity index (χ3n) is 4.07. The Balaban J connectivity index is 1.53. The fraction of sp³-hybridized carbons (Fsp3) is 0.0476. The summed E-state index contributed by atoms with van der Waals surface area (Å²) in [5.74, 6) is 0.450. The molecule has 0 radical (unpaired) electrons. The number of aliphatic imine (C=N–C) groups is 1. The van der Waals surface area contributed by atoms with Gasteiger partial charge in [-0.25, -0.2) is 0 Å². The Morgan fingerprint density at radius 1 is 1.04 bits per heavy atom. The molecule has 1 heterocycles. The van der Waals surface area contributed by atoms with Crippen molar-refractivity contribution in [2.45, 2.75) is 6.61 Å². The van der Waals surface area contributed by atoms with Gasteiger partial charge in [0.2, 0.25) is 0 Å². The fourth-order valence-electron chi connectivity index (χ4n) is 2.85. The van der Waals surface area contributed by atoms with Crippen molar-refractivity contribution in [3.63, 3.8) is 0 Å². The summed E-state index contributed by atoms with van der Waals surface area (Å²) in [5.41, 5.74) is 7.59. The Hall–Kier alpha value is -3.05. The van der Waals surface area contributed by atoms with Gasteiger partial charge in [0.05, 0.1) is 4.91 Å². The number of rotatable bonds is 4. The van der Waals surface area contributed by atoms with Crippen LogP contribution in [0.4, 0.5) is 0 Å². The van der Waals surface area contributed by atoms with E-state index in [0.29, 0.717) is 11.5 Å². The Morgan fingerprint density at radius 2 is 1.85 bits per heavy atom. The molecule has 26 heavy (non-hydrogen) atoms. The number of hydrogen-bond donors (Lipinski definition) is 1. The van der Waals surface area contributed by atoms with E-state index in [2.05, 4.69) is 29.3 Å². The first kappa shape index (κ1) is 16.4. The van der Waals surface area contributed by atoms with E-state index in [1.54, 1.807) is 6.08 Å². The van der Waals surface area contributed by atoms with Crippen LogP contribution in [-0.4, -0.2) is 11.1 Å². The molecule has 0 unspecified atom stereocenters. The number of amides is 1. The van der Waals surface area contributed by atoms with Crippen LogP contribution in [0.15, 0.2) is 76.6 Å². The molecule has 2 N–H and O–H groups in total. The highest BCUT2D eigenvalue weighted by Gasteiger charge is 2.19. The van der Waals surface area contributed by atoms with Crippen molar-refractivity contribution in [2.75, 3.05) is 0 Å². The number of carbonyl (C=O) groups excluding carboxylic acids is 1.